The van der Waals surface area contributed by atoms with Crippen molar-refractivity contribution in [1.29, 1.82) is 0 Å². The van der Waals surface area contributed by atoms with Crippen molar-refractivity contribution in [2.45, 2.75) is 19.5 Å². The van der Waals surface area contributed by atoms with E-state index in [9.17, 15) is 13.6 Å². The van der Waals surface area contributed by atoms with Crippen molar-refractivity contribution in [2.75, 3.05) is 11.9 Å². The molecule has 1 amide bonds. The molecule has 10 heteroatoms. The van der Waals surface area contributed by atoms with Gasteiger partial charge in [0.15, 0.2) is 16.7 Å². The summed E-state index contributed by atoms with van der Waals surface area (Å²) in [5, 5.41) is 10.4. The standard InChI is InChI=1S/C19H15F2N5O2S/c1-2-28-16-11(21)6-14-9(7-22-26-14)15(16)12-3-4-13-18(23-12)29-19(24-13)25-17(27)8-5-10(8)20/h3-4,6-8,10H,2,5H2,1H3,(H,22,26)(H,24,25,27)/t8-,10+/m1/s1. The summed E-state index contributed by atoms with van der Waals surface area (Å²) in [6.45, 7) is 2.07. The number of pyridine rings is 1. The van der Waals surface area contributed by atoms with E-state index in [1.54, 1.807) is 25.3 Å². The maximum absolute atomic E-state index is 14.6. The minimum atomic E-state index is -1.07. The summed E-state index contributed by atoms with van der Waals surface area (Å²) in [6, 6.07) is 4.80. The topological polar surface area (TPSA) is 92.8 Å². The molecule has 0 spiro atoms. The minimum Gasteiger partial charge on any atom is -0.490 e. The van der Waals surface area contributed by atoms with Crippen molar-refractivity contribution in [3.63, 3.8) is 0 Å². The van der Waals surface area contributed by atoms with Crippen LogP contribution < -0.4 is 10.1 Å². The van der Waals surface area contributed by atoms with Crippen LogP contribution in [0.4, 0.5) is 13.9 Å². The lowest BCUT2D eigenvalue weighted by atomic mass is 10.0. The monoisotopic (exact) mass is 415 g/mol. The van der Waals surface area contributed by atoms with Gasteiger partial charge in [0.25, 0.3) is 0 Å². The average molecular weight is 415 g/mol. The summed E-state index contributed by atoms with van der Waals surface area (Å²) in [4.78, 5) is 21.4. The Morgan fingerprint density at radius 2 is 2.24 bits per heavy atom. The van der Waals surface area contributed by atoms with Crippen molar-refractivity contribution in [3.05, 3.63) is 30.2 Å². The molecule has 3 heterocycles. The second-order valence-electron chi connectivity index (χ2n) is 6.71. The number of hydrogen-bond donors (Lipinski definition) is 2. The lowest BCUT2D eigenvalue weighted by Crippen LogP contribution is -2.14. The first-order chi connectivity index (χ1) is 14.0. The van der Waals surface area contributed by atoms with Crippen molar-refractivity contribution < 1.29 is 18.3 Å². The Kier molecular flexibility index (Phi) is 4.16. The van der Waals surface area contributed by atoms with Gasteiger partial charge < -0.3 is 10.1 Å². The SMILES string of the molecule is CCOc1c(F)cc2[nH]ncc2c1-c1ccc2nc(NC(=O)[C@@H]3C[C@@H]3F)sc2n1. The first kappa shape index (κ1) is 17.9. The maximum atomic E-state index is 14.6. The summed E-state index contributed by atoms with van der Waals surface area (Å²) in [6.07, 6.45) is 0.774. The van der Waals surface area contributed by atoms with Crippen LogP contribution >= 0.6 is 11.3 Å². The smallest absolute Gasteiger partial charge is 0.232 e. The van der Waals surface area contributed by atoms with Gasteiger partial charge in [-0.25, -0.2) is 18.7 Å². The first-order valence-corrected chi connectivity index (χ1v) is 9.88. The van der Waals surface area contributed by atoms with Gasteiger partial charge in [-0.3, -0.25) is 9.89 Å². The maximum Gasteiger partial charge on any atom is 0.232 e. The predicted molar refractivity (Wildman–Crippen MR) is 105 cm³/mol. The second-order valence-corrected chi connectivity index (χ2v) is 7.69. The second kappa shape index (κ2) is 6.73. The van der Waals surface area contributed by atoms with Crippen molar-refractivity contribution in [1.82, 2.24) is 20.2 Å². The Morgan fingerprint density at radius 1 is 1.41 bits per heavy atom. The molecule has 3 aromatic heterocycles. The number of fused-ring (bicyclic) bond motifs is 2. The number of thiazole rings is 1. The summed E-state index contributed by atoms with van der Waals surface area (Å²) < 4.78 is 33.2. The van der Waals surface area contributed by atoms with Crippen LogP contribution in [-0.2, 0) is 4.79 Å². The molecule has 1 aliphatic rings. The third kappa shape index (κ3) is 3.09. The number of alkyl halides is 1. The van der Waals surface area contributed by atoms with E-state index >= 15 is 0 Å². The van der Waals surface area contributed by atoms with E-state index in [-0.39, 0.29) is 18.1 Å². The fourth-order valence-electron chi connectivity index (χ4n) is 3.22. The molecule has 1 aliphatic carbocycles. The van der Waals surface area contributed by atoms with Crippen LogP contribution in [-0.4, -0.2) is 38.9 Å². The Bertz CT molecular complexity index is 1250. The quantitative estimate of drug-likeness (QED) is 0.513. The molecule has 1 saturated carbocycles. The summed E-state index contributed by atoms with van der Waals surface area (Å²) >= 11 is 1.18. The summed E-state index contributed by atoms with van der Waals surface area (Å²) in [5.74, 6) is -1.38. The van der Waals surface area contributed by atoms with Gasteiger partial charge in [0.05, 0.1) is 35.5 Å². The molecular weight excluding hydrogens is 400 g/mol. The van der Waals surface area contributed by atoms with Crippen LogP contribution in [0.15, 0.2) is 24.4 Å². The molecular formula is C19H15F2N5O2S. The highest BCUT2D eigenvalue weighted by atomic mass is 32.1. The van der Waals surface area contributed by atoms with Crippen LogP contribution in [0.25, 0.3) is 32.5 Å². The molecule has 4 aromatic rings. The van der Waals surface area contributed by atoms with Gasteiger partial charge in [0.1, 0.15) is 16.5 Å². The number of ether oxygens (including phenoxy) is 1. The molecule has 2 N–H and O–H groups in total. The number of hydrogen-bond acceptors (Lipinski definition) is 6. The molecule has 5 rings (SSSR count). The minimum absolute atomic E-state index is 0.106. The number of H-pyrrole nitrogens is 1. The van der Waals surface area contributed by atoms with Crippen molar-refractivity contribution in [2.24, 2.45) is 5.92 Å². The first-order valence-electron chi connectivity index (χ1n) is 9.06. The third-order valence-corrected chi connectivity index (χ3v) is 5.61. The highest BCUT2D eigenvalue weighted by Gasteiger charge is 2.43. The number of rotatable bonds is 5. The molecule has 0 saturated heterocycles. The van der Waals surface area contributed by atoms with Gasteiger partial charge in [0.2, 0.25) is 5.91 Å². The summed E-state index contributed by atoms with van der Waals surface area (Å²) in [7, 11) is 0. The lowest BCUT2D eigenvalue weighted by Gasteiger charge is -2.12. The number of nitrogens with zero attached hydrogens (tertiary/aromatic N) is 3. The molecule has 0 unspecified atom stereocenters. The predicted octanol–water partition coefficient (Wildman–Crippen LogP) is 4.07. The number of halogens is 2. The van der Waals surface area contributed by atoms with Crippen LogP contribution in [0.3, 0.4) is 0 Å². The molecule has 29 heavy (non-hydrogen) atoms. The van der Waals surface area contributed by atoms with Gasteiger partial charge in [0, 0.05) is 11.5 Å². The van der Waals surface area contributed by atoms with Crippen LogP contribution in [0.1, 0.15) is 13.3 Å². The zero-order chi connectivity index (χ0) is 20.1. The van der Waals surface area contributed by atoms with Gasteiger partial charge in [-0.1, -0.05) is 11.3 Å². The lowest BCUT2D eigenvalue weighted by molar-refractivity contribution is -0.117. The molecule has 1 fully saturated rings. The summed E-state index contributed by atoms with van der Waals surface area (Å²) in [5.41, 5.74) is 2.11. The normalized spacial score (nSPS) is 18.3. The Morgan fingerprint density at radius 3 is 3.00 bits per heavy atom. The number of amides is 1. The Labute approximate surface area is 167 Å². The number of carbonyl (C=O) groups excluding carboxylic acids is 1. The largest absolute Gasteiger partial charge is 0.490 e. The third-order valence-electron chi connectivity index (χ3n) is 4.73. The average Bonchev–Trinajstić information content (AvgIpc) is 3.08. The zero-order valence-electron chi connectivity index (χ0n) is 15.2. The fourth-order valence-corrected chi connectivity index (χ4v) is 4.06. The fraction of sp³-hybridized carbons (Fsp3) is 0.263. The van der Waals surface area contributed by atoms with Crippen molar-refractivity contribution >= 4 is 43.6 Å². The number of anilines is 1. The molecule has 0 bridgehead atoms. The molecule has 148 valence electrons. The van der Waals surface area contributed by atoms with E-state index in [1.165, 1.54) is 17.4 Å². The van der Waals surface area contributed by atoms with E-state index in [0.29, 0.717) is 44.2 Å². The number of carbonyl (C=O) groups is 1. The van der Waals surface area contributed by atoms with E-state index in [0.717, 1.165) is 0 Å². The molecule has 2 atom stereocenters. The number of aromatic nitrogens is 4. The number of nitrogens with one attached hydrogen (secondary N) is 2. The van der Waals surface area contributed by atoms with E-state index in [1.807, 2.05) is 0 Å². The van der Waals surface area contributed by atoms with Crippen LogP contribution in [0, 0.1) is 11.7 Å². The van der Waals surface area contributed by atoms with Gasteiger partial charge >= 0.3 is 0 Å². The van der Waals surface area contributed by atoms with Crippen molar-refractivity contribution in [3.8, 4) is 17.0 Å². The van der Waals surface area contributed by atoms with Gasteiger partial charge in [-0.05, 0) is 25.5 Å². The number of aromatic amines is 1. The Balaban J connectivity index is 1.58. The van der Waals surface area contributed by atoms with E-state index < -0.39 is 17.9 Å². The highest BCUT2D eigenvalue weighted by Crippen LogP contribution is 2.39. The zero-order valence-corrected chi connectivity index (χ0v) is 16.0. The van der Waals surface area contributed by atoms with Crippen LogP contribution in [0.2, 0.25) is 0 Å². The molecule has 1 aromatic carbocycles. The van der Waals surface area contributed by atoms with Gasteiger partial charge in [-0.15, -0.1) is 0 Å². The Hall–Kier alpha value is -3.14. The molecule has 7 nitrogen and oxygen atoms in total. The van der Waals surface area contributed by atoms with E-state index in [2.05, 4.69) is 25.5 Å². The van der Waals surface area contributed by atoms with E-state index in [4.69, 9.17) is 4.74 Å². The molecule has 0 radical (unpaired) electrons. The number of benzene rings is 1. The molecule has 0 aliphatic heterocycles. The van der Waals surface area contributed by atoms with Gasteiger partial charge in [-0.2, -0.15) is 5.10 Å². The highest BCUT2D eigenvalue weighted by molar-refractivity contribution is 7.22. The van der Waals surface area contributed by atoms with Crippen LogP contribution in [0.5, 0.6) is 5.75 Å².